The molecule has 2 rings (SSSR count). The van der Waals surface area contributed by atoms with Crippen LogP contribution in [0.3, 0.4) is 0 Å². The van der Waals surface area contributed by atoms with Gasteiger partial charge in [-0.15, -0.1) is 11.8 Å². The van der Waals surface area contributed by atoms with Crippen molar-refractivity contribution in [2.45, 2.75) is 51.6 Å². The van der Waals surface area contributed by atoms with Crippen LogP contribution in [0.25, 0.3) is 0 Å². The van der Waals surface area contributed by atoms with Gasteiger partial charge in [0.1, 0.15) is 17.6 Å². The maximum absolute atomic E-state index is 13.1. The Morgan fingerprint density at radius 3 is 2.48 bits per heavy atom. The van der Waals surface area contributed by atoms with E-state index >= 15 is 0 Å². The average Bonchev–Trinajstić information content (AvgIpc) is 2.78. The van der Waals surface area contributed by atoms with E-state index in [4.69, 9.17) is 4.74 Å². The van der Waals surface area contributed by atoms with Crippen molar-refractivity contribution in [1.82, 2.24) is 10.2 Å². The molecule has 2 amide bonds. The van der Waals surface area contributed by atoms with Crippen LogP contribution < -0.4 is 10.1 Å². The second-order valence-corrected chi connectivity index (χ2v) is 8.47. The van der Waals surface area contributed by atoms with Gasteiger partial charge in [0.15, 0.2) is 0 Å². The van der Waals surface area contributed by atoms with Crippen LogP contribution >= 0.6 is 11.8 Å². The number of hydrogen-bond acceptors (Lipinski definition) is 4. The first-order valence-electron chi connectivity index (χ1n) is 10.4. The summed E-state index contributed by atoms with van der Waals surface area (Å²) in [5.74, 6) is 0.938. The molecule has 0 aliphatic carbocycles. The van der Waals surface area contributed by atoms with E-state index < -0.39 is 6.04 Å². The largest absolute Gasteiger partial charge is 0.497 e. The molecule has 0 fully saturated rings. The van der Waals surface area contributed by atoms with Gasteiger partial charge in [-0.3, -0.25) is 9.59 Å². The topological polar surface area (TPSA) is 58.6 Å². The van der Waals surface area contributed by atoms with Crippen LogP contribution in [0.15, 0.2) is 48.5 Å². The highest BCUT2D eigenvalue weighted by Gasteiger charge is 2.26. The average molecular weight is 447 g/mol. The molecule has 0 radical (unpaired) electrons. The number of carbonyl (C=O) groups is 2. The fourth-order valence-electron chi connectivity index (χ4n) is 2.94. The molecule has 0 heterocycles. The number of rotatable bonds is 11. The second kappa shape index (κ2) is 12.3. The molecule has 2 aromatic rings. The molecule has 2 aromatic carbocycles. The molecule has 7 heteroatoms. The van der Waals surface area contributed by atoms with Crippen LogP contribution in [-0.2, 0) is 21.9 Å². The number of benzene rings is 2. The van der Waals surface area contributed by atoms with Gasteiger partial charge < -0.3 is 15.0 Å². The Balaban J connectivity index is 2.09. The Kier molecular flexibility index (Phi) is 9.85. The van der Waals surface area contributed by atoms with E-state index in [0.717, 1.165) is 17.5 Å². The third kappa shape index (κ3) is 7.90. The SMILES string of the molecule is CC[C@@H](C)NC(=O)[C@@H](C)N(Cc1cccc(OC)c1)C(=O)CSCc1ccc(F)cc1. The number of thioether (sulfide) groups is 1. The fraction of sp³-hybridized carbons (Fsp3) is 0.417. The van der Waals surface area contributed by atoms with E-state index in [-0.39, 0.29) is 29.4 Å². The monoisotopic (exact) mass is 446 g/mol. The lowest BCUT2D eigenvalue weighted by molar-refractivity contribution is -0.138. The minimum atomic E-state index is -0.612. The summed E-state index contributed by atoms with van der Waals surface area (Å²) in [7, 11) is 1.59. The highest BCUT2D eigenvalue weighted by molar-refractivity contribution is 7.99. The third-order valence-corrected chi connectivity index (χ3v) is 6.05. The quantitative estimate of drug-likeness (QED) is 0.556. The standard InChI is InChI=1S/C24H31FN2O3S/c1-5-17(2)26-24(29)18(3)27(14-20-7-6-8-22(13-20)30-4)23(28)16-31-15-19-9-11-21(25)12-10-19/h6-13,17-18H,5,14-16H2,1-4H3,(H,26,29)/t17-,18-/m1/s1. The van der Waals surface area contributed by atoms with E-state index in [1.165, 1.54) is 23.9 Å². The second-order valence-electron chi connectivity index (χ2n) is 7.49. The summed E-state index contributed by atoms with van der Waals surface area (Å²) in [4.78, 5) is 27.4. The van der Waals surface area contributed by atoms with Crippen molar-refractivity contribution < 1.29 is 18.7 Å². The number of halogens is 1. The molecule has 0 unspecified atom stereocenters. The zero-order valence-electron chi connectivity index (χ0n) is 18.6. The predicted octanol–water partition coefficient (Wildman–Crippen LogP) is 4.40. The molecule has 0 saturated carbocycles. The van der Waals surface area contributed by atoms with Crippen LogP contribution in [-0.4, -0.2) is 41.7 Å². The van der Waals surface area contributed by atoms with Gasteiger partial charge in [-0.1, -0.05) is 31.2 Å². The smallest absolute Gasteiger partial charge is 0.242 e. The number of carbonyl (C=O) groups excluding carboxylic acids is 2. The molecule has 0 aliphatic rings. The van der Waals surface area contributed by atoms with E-state index in [1.807, 2.05) is 38.1 Å². The van der Waals surface area contributed by atoms with Gasteiger partial charge >= 0.3 is 0 Å². The molecule has 0 spiro atoms. The van der Waals surface area contributed by atoms with Crippen molar-refractivity contribution in [2.24, 2.45) is 0 Å². The van der Waals surface area contributed by atoms with Gasteiger partial charge in [0.05, 0.1) is 12.9 Å². The van der Waals surface area contributed by atoms with Gasteiger partial charge in [0.25, 0.3) is 0 Å². The Morgan fingerprint density at radius 2 is 1.84 bits per heavy atom. The molecular formula is C24H31FN2O3S. The van der Waals surface area contributed by atoms with Gasteiger partial charge in [0, 0.05) is 18.3 Å². The highest BCUT2D eigenvalue weighted by Crippen LogP contribution is 2.19. The first kappa shape index (κ1) is 24.7. The summed E-state index contributed by atoms with van der Waals surface area (Å²) in [6.45, 7) is 6.00. The molecule has 5 nitrogen and oxygen atoms in total. The molecular weight excluding hydrogens is 415 g/mol. The molecule has 31 heavy (non-hydrogen) atoms. The lowest BCUT2D eigenvalue weighted by Crippen LogP contribution is -2.50. The minimum absolute atomic E-state index is 0.0385. The van der Waals surface area contributed by atoms with Crippen LogP contribution in [0.4, 0.5) is 4.39 Å². The maximum atomic E-state index is 13.1. The Hall–Kier alpha value is -2.54. The van der Waals surface area contributed by atoms with Crippen LogP contribution in [0.1, 0.15) is 38.3 Å². The molecule has 0 aliphatic heterocycles. The summed E-state index contributed by atoms with van der Waals surface area (Å²) in [6.07, 6.45) is 0.815. The zero-order chi connectivity index (χ0) is 22.8. The highest BCUT2D eigenvalue weighted by atomic mass is 32.2. The predicted molar refractivity (Wildman–Crippen MR) is 123 cm³/mol. The van der Waals surface area contributed by atoms with Crippen molar-refractivity contribution >= 4 is 23.6 Å². The first-order valence-corrected chi connectivity index (χ1v) is 11.5. The maximum Gasteiger partial charge on any atom is 0.242 e. The lowest BCUT2D eigenvalue weighted by atomic mass is 10.1. The van der Waals surface area contributed by atoms with Crippen molar-refractivity contribution in [2.75, 3.05) is 12.9 Å². The number of hydrogen-bond donors (Lipinski definition) is 1. The number of ether oxygens (including phenoxy) is 1. The first-order chi connectivity index (χ1) is 14.8. The number of amides is 2. The summed E-state index contributed by atoms with van der Waals surface area (Å²) in [5, 5.41) is 2.96. The van der Waals surface area contributed by atoms with E-state index in [9.17, 15) is 14.0 Å². The number of methoxy groups -OCH3 is 1. The molecule has 0 bridgehead atoms. The van der Waals surface area contributed by atoms with Crippen molar-refractivity contribution in [3.05, 3.63) is 65.5 Å². The van der Waals surface area contributed by atoms with Crippen molar-refractivity contribution in [3.8, 4) is 5.75 Å². The molecule has 2 atom stereocenters. The van der Waals surface area contributed by atoms with E-state index in [1.54, 1.807) is 31.1 Å². The minimum Gasteiger partial charge on any atom is -0.497 e. The van der Waals surface area contributed by atoms with Gasteiger partial charge in [0.2, 0.25) is 11.8 Å². The Morgan fingerprint density at radius 1 is 1.13 bits per heavy atom. The van der Waals surface area contributed by atoms with Crippen LogP contribution in [0.2, 0.25) is 0 Å². The lowest BCUT2D eigenvalue weighted by Gasteiger charge is -2.29. The normalized spacial score (nSPS) is 12.7. The number of nitrogens with one attached hydrogen (secondary N) is 1. The third-order valence-electron chi connectivity index (χ3n) is 5.06. The Bertz CT molecular complexity index is 860. The zero-order valence-corrected chi connectivity index (χ0v) is 19.4. The summed E-state index contributed by atoms with van der Waals surface area (Å²) in [5.41, 5.74) is 1.83. The number of nitrogens with zero attached hydrogens (tertiary/aromatic N) is 1. The van der Waals surface area contributed by atoms with Gasteiger partial charge in [-0.2, -0.15) is 0 Å². The summed E-state index contributed by atoms with van der Waals surface area (Å²) < 4.78 is 18.4. The van der Waals surface area contributed by atoms with Crippen LogP contribution in [0, 0.1) is 5.82 Å². The molecule has 168 valence electrons. The molecule has 1 N–H and O–H groups in total. The van der Waals surface area contributed by atoms with Gasteiger partial charge in [-0.05, 0) is 55.7 Å². The summed E-state index contributed by atoms with van der Waals surface area (Å²) >= 11 is 1.44. The van der Waals surface area contributed by atoms with Gasteiger partial charge in [-0.25, -0.2) is 4.39 Å². The summed E-state index contributed by atoms with van der Waals surface area (Å²) in [6, 6.07) is 13.2. The van der Waals surface area contributed by atoms with E-state index in [0.29, 0.717) is 18.0 Å². The molecule has 0 saturated heterocycles. The van der Waals surface area contributed by atoms with Crippen molar-refractivity contribution in [1.29, 1.82) is 0 Å². The Labute approximate surface area is 188 Å². The molecule has 0 aromatic heterocycles. The van der Waals surface area contributed by atoms with E-state index in [2.05, 4.69) is 5.32 Å². The van der Waals surface area contributed by atoms with Crippen molar-refractivity contribution in [3.63, 3.8) is 0 Å². The van der Waals surface area contributed by atoms with Crippen LogP contribution in [0.5, 0.6) is 5.75 Å². The fourth-order valence-corrected chi connectivity index (χ4v) is 3.81.